The number of guanidine groups is 1. The highest BCUT2D eigenvalue weighted by atomic mass is 35.5. The largest absolute Gasteiger partial charge is 0.416 e. The van der Waals surface area contributed by atoms with Crippen molar-refractivity contribution in [2.75, 3.05) is 13.1 Å². The maximum Gasteiger partial charge on any atom is 0.416 e. The molecular formula is C34H29Cl2F3N8OS. The van der Waals surface area contributed by atoms with Crippen molar-refractivity contribution in [1.82, 2.24) is 30.8 Å². The number of aromatic nitrogens is 2. The summed E-state index contributed by atoms with van der Waals surface area (Å²) in [6.45, 7) is 1.41. The number of thiophene rings is 1. The van der Waals surface area contributed by atoms with E-state index < -0.39 is 17.6 Å². The second-order valence-electron chi connectivity index (χ2n) is 11.5. The third-order valence-corrected chi connectivity index (χ3v) is 9.37. The van der Waals surface area contributed by atoms with E-state index in [1.165, 1.54) is 23.5 Å². The van der Waals surface area contributed by atoms with E-state index in [0.29, 0.717) is 55.4 Å². The summed E-state index contributed by atoms with van der Waals surface area (Å²) in [4.78, 5) is 19.9. The number of aliphatic imine (C=N–C) groups is 1. The van der Waals surface area contributed by atoms with E-state index >= 15 is 0 Å². The standard InChI is InChI=1S/C34H29Cl2F3N8OS/c35-23-9-14-28(27(36)18-23)47-31(29-15-13-25(49-29)12-6-21-4-7-22(8-5-21)34(37,38)39)26(19-41-33(42-20-40)43-24-10-11-24)30(44-47)32(48)45-46-16-2-1-3-17-46/h4-5,7-9,13-15,18,24H,1-3,10-11,16-17,19H2,(H,45,48)(H2,41,42,43). The normalized spacial score (nSPS) is 15.2. The van der Waals surface area contributed by atoms with E-state index in [-0.39, 0.29) is 24.2 Å². The number of alkyl halides is 3. The van der Waals surface area contributed by atoms with Crippen LogP contribution in [0.1, 0.15) is 64.2 Å². The Hall–Kier alpha value is -4.53. The van der Waals surface area contributed by atoms with Crippen molar-refractivity contribution in [1.29, 1.82) is 5.26 Å². The lowest BCUT2D eigenvalue weighted by Crippen LogP contribution is -2.45. The highest BCUT2D eigenvalue weighted by molar-refractivity contribution is 7.16. The average molecular weight is 726 g/mol. The lowest BCUT2D eigenvalue weighted by atomic mass is 10.1. The summed E-state index contributed by atoms with van der Waals surface area (Å²) in [5.74, 6) is 5.82. The Bertz CT molecular complexity index is 1980. The maximum atomic E-state index is 13.9. The van der Waals surface area contributed by atoms with Crippen LogP contribution in [0.5, 0.6) is 0 Å². The minimum Gasteiger partial charge on any atom is -0.353 e. The number of amides is 1. The van der Waals surface area contributed by atoms with Gasteiger partial charge in [0.1, 0.15) is 0 Å². The molecule has 1 amide bonds. The van der Waals surface area contributed by atoms with Crippen LogP contribution in [-0.4, -0.2) is 45.8 Å². The monoisotopic (exact) mass is 724 g/mol. The quantitative estimate of drug-likeness (QED) is 0.0615. The van der Waals surface area contributed by atoms with Crippen LogP contribution in [0.4, 0.5) is 13.2 Å². The molecule has 2 aromatic heterocycles. The Morgan fingerprint density at radius 2 is 1.80 bits per heavy atom. The predicted octanol–water partition coefficient (Wildman–Crippen LogP) is 7.14. The fraction of sp³-hybridized carbons (Fsp3) is 0.294. The molecule has 0 bridgehead atoms. The Labute approximate surface area is 294 Å². The minimum atomic E-state index is -4.44. The second kappa shape index (κ2) is 14.9. The Kier molecular flexibility index (Phi) is 10.5. The Morgan fingerprint density at radius 1 is 1.04 bits per heavy atom. The molecule has 0 atom stereocenters. The van der Waals surface area contributed by atoms with Crippen LogP contribution in [0, 0.1) is 23.3 Å². The number of benzene rings is 2. The number of nitrogens with zero attached hydrogens (tertiary/aromatic N) is 5. The number of nitrogens with one attached hydrogen (secondary N) is 3. The first-order valence-electron chi connectivity index (χ1n) is 15.5. The van der Waals surface area contributed by atoms with Gasteiger partial charge in [-0.3, -0.25) is 15.5 Å². The third kappa shape index (κ3) is 8.56. The van der Waals surface area contributed by atoms with Gasteiger partial charge in [-0.25, -0.2) is 14.7 Å². The predicted molar refractivity (Wildman–Crippen MR) is 183 cm³/mol. The van der Waals surface area contributed by atoms with Crippen LogP contribution in [0.2, 0.25) is 10.0 Å². The van der Waals surface area contributed by atoms with E-state index in [2.05, 4.69) is 32.9 Å². The Morgan fingerprint density at radius 3 is 2.47 bits per heavy atom. The zero-order valence-electron chi connectivity index (χ0n) is 25.9. The van der Waals surface area contributed by atoms with Crippen molar-refractivity contribution in [2.45, 2.75) is 50.9 Å². The van der Waals surface area contributed by atoms with Gasteiger partial charge in [0.15, 0.2) is 11.9 Å². The van der Waals surface area contributed by atoms with Crippen molar-refractivity contribution in [3.05, 3.63) is 91.9 Å². The molecule has 1 saturated carbocycles. The first-order valence-corrected chi connectivity index (χ1v) is 17.0. The lowest BCUT2D eigenvalue weighted by molar-refractivity contribution is -0.137. The van der Waals surface area contributed by atoms with Crippen LogP contribution < -0.4 is 16.1 Å². The van der Waals surface area contributed by atoms with Crippen LogP contribution in [0.3, 0.4) is 0 Å². The highest BCUT2D eigenvalue weighted by Gasteiger charge is 2.30. The van der Waals surface area contributed by atoms with Crippen LogP contribution in [-0.2, 0) is 12.7 Å². The molecule has 252 valence electrons. The number of rotatable bonds is 7. The van der Waals surface area contributed by atoms with Crippen molar-refractivity contribution in [2.24, 2.45) is 4.99 Å². The highest BCUT2D eigenvalue weighted by Crippen LogP contribution is 2.37. The average Bonchev–Trinajstić information content (AvgIpc) is 3.63. The molecule has 1 aliphatic carbocycles. The van der Waals surface area contributed by atoms with Crippen molar-refractivity contribution < 1.29 is 18.0 Å². The number of nitriles is 1. The summed E-state index contributed by atoms with van der Waals surface area (Å²) in [7, 11) is 0. The van der Waals surface area contributed by atoms with Gasteiger partial charge in [-0.1, -0.05) is 41.5 Å². The summed E-state index contributed by atoms with van der Waals surface area (Å²) in [6.07, 6.45) is 2.39. The Balaban J connectivity index is 1.44. The molecular weight excluding hydrogens is 696 g/mol. The fourth-order valence-electron chi connectivity index (χ4n) is 5.23. The number of hydrogen-bond donors (Lipinski definition) is 3. The van der Waals surface area contributed by atoms with Gasteiger partial charge in [0.25, 0.3) is 5.91 Å². The molecule has 9 nitrogen and oxygen atoms in total. The summed E-state index contributed by atoms with van der Waals surface area (Å²) in [6, 6.07) is 13.4. The minimum absolute atomic E-state index is 0.0164. The molecule has 2 fully saturated rings. The van der Waals surface area contributed by atoms with Crippen LogP contribution in [0.15, 0.2) is 59.6 Å². The third-order valence-electron chi connectivity index (χ3n) is 7.82. The molecule has 15 heteroatoms. The number of hydrogen-bond acceptors (Lipinski definition) is 6. The smallest absolute Gasteiger partial charge is 0.353 e. The summed E-state index contributed by atoms with van der Waals surface area (Å²) in [5.41, 5.74) is 4.29. The van der Waals surface area contributed by atoms with Crippen LogP contribution >= 0.6 is 34.5 Å². The van der Waals surface area contributed by atoms with Crippen molar-refractivity contribution >= 4 is 46.4 Å². The molecule has 0 spiro atoms. The fourth-order valence-corrected chi connectivity index (χ4v) is 6.63. The van der Waals surface area contributed by atoms with Gasteiger partial charge >= 0.3 is 6.18 Å². The SMILES string of the molecule is N#CNC(=NCc1c(C(=O)NN2CCCCC2)nn(-c2ccc(Cl)cc2Cl)c1-c1ccc(C#Cc2ccc(C(F)(F)F)cc2)s1)NC1CC1. The topological polar surface area (TPSA) is 110 Å². The van der Waals surface area contributed by atoms with E-state index in [1.54, 1.807) is 28.9 Å². The first kappa shape index (κ1) is 34.3. The summed E-state index contributed by atoms with van der Waals surface area (Å²) >= 11 is 14.2. The second-order valence-corrected chi connectivity index (χ2v) is 13.4. The van der Waals surface area contributed by atoms with Gasteiger partial charge in [-0.05, 0) is 80.3 Å². The first-order chi connectivity index (χ1) is 23.6. The zero-order chi connectivity index (χ0) is 34.5. The van der Waals surface area contributed by atoms with Gasteiger partial charge in [0.05, 0.1) is 38.3 Å². The number of hydrazine groups is 1. The zero-order valence-corrected chi connectivity index (χ0v) is 28.2. The van der Waals surface area contributed by atoms with E-state index in [0.717, 1.165) is 44.2 Å². The van der Waals surface area contributed by atoms with E-state index in [1.807, 2.05) is 17.3 Å². The number of carbonyl (C=O) groups excluding carboxylic acids is 1. The number of halogens is 5. The van der Waals surface area contributed by atoms with Crippen LogP contribution in [0.25, 0.3) is 16.3 Å². The van der Waals surface area contributed by atoms with Gasteiger partial charge < -0.3 is 5.32 Å². The van der Waals surface area contributed by atoms with Gasteiger partial charge in [0.2, 0.25) is 5.96 Å². The summed E-state index contributed by atoms with van der Waals surface area (Å²) < 4.78 is 40.6. The molecule has 1 aliphatic heterocycles. The van der Waals surface area contributed by atoms with Gasteiger partial charge in [-0.15, -0.1) is 11.3 Å². The molecule has 3 heterocycles. The molecule has 3 N–H and O–H groups in total. The molecule has 0 radical (unpaired) electrons. The molecule has 2 aliphatic rings. The molecule has 2 aromatic carbocycles. The summed E-state index contributed by atoms with van der Waals surface area (Å²) in [5, 5.41) is 22.6. The molecule has 6 rings (SSSR count). The maximum absolute atomic E-state index is 13.9. The molecule has 1 saturated heterocycles. The van der Waals surface area contributed by atoms with Crippen molar-refractivity contribution in [3.63, 3.8) is 0 Å². The van der Waals surface area contributed by atoms with Gasteiger partial charge in [-0.2, -0.15) is 23.5 Å². The van der Waals surface area contributed by atoms with E-state index in [4.69, 9.17) is 28.3 Å². The molecule has 0 unspecified atom stereocenters. The van der Waals surface area contributed by atoms with Crippen molar-refractivity contribution in [3.8, 4) is 34.3 Å². The van der Waals surface area contributed by atoms with Gasteiger partial charge in [0, 0.05) is 35.3 Å². The number of carbonyl (C=O) groups is 1. The number of piperidine rings is 1. The van der Waals surface area contributed by atoms with E-state index in [9.17, 15) is 23.2 Å². The molecule has 4 aromatic rings. The lowest BCUT2D eigenvalue weighted by Gasteiger charge is -2.26. The molecule has 49 heavy (non-hydrogen) atoms.